The molecule has 1 amide bonds. The van der Waals surface area contributed by atoms with Crippen molar-refractivity contribution in [1.82, 2.24) is 14.7 Å². The highest BCUT2D eigenvalue weighted by atomic mass is 19.1. The van der Waals surface area contributed by atoms with Gasteiger partial charge in [0.05, 0.1) is 11.9 Å². The van der Waals surface area contributed by atoms with Crippen LogP contribution in [0.5, 0.6) is 5.75 Å². The molecule has 1 aromatic heterocycles. The second-order valence-corrected chi connectivity index (χ2v) is 6.67. The molecule has 2 heterocycles. The number of rotatable bonds is 3. The molecule has 1 fully saturated rings. The van der Waals surface area contributed by atoms with Crippen molar-refractivity contribution in [2.45, 2.75) is 32.7 Å². The number of carbonyl (C=O) groups excluding carboxylic acids is 1. The fourth-order valence-corrected chi connectivity index (χ4v) is 3.27. The Morgan fingerprint density at radius 3 is 2.84 bits per heavy atom. The molecule has 7 heteroatoms. The molecule has 3 rings (SSSR count). The lowest BCUT2D eigenvalue weighted by molar-refractivity contribution is 0.0480. The smallest absolute Gasteiger partial charge is 0.278 e. The number of aromatic nitrogens is 2. The van der Waals surface area contributed by atoms with Crippen molar-refractivity contribution in [3.05, 3.63) is 41.5 Å². The Bertz CT molecular complexity index is 790. The van der Waals surface area contributed by atoms with Gasteiger partial charge in [0.1, 0.15) is 5.82 Å². The minimum absolute atomic E-state index is 0.0207. The third kappa shape index (κ3) is 3.37. The summed E-state index contributed by atoms with van der Waals surface area (Å²) >= 11 is 0. The first-order valence-electron chi connectivity index (χ1n) is 8.37. The lowest BCUT2D eigenvalue weighted by atomic mass is 9.94. The summed E-state index contributed by atoms with van der Waals surface area (Å²) in [5.74, 6) is -0.886. The maximum Gasteiger partial charge on any atom is 0.278 e. The number of aryl methyl sites for hydroxylation is 1. The summed E-state index contributed by atoms with van der Waals surface area (Å²) in [6, 6.07) is 4.25. The molecule has 134 valence electrons. The molecular formula is C18H22FN3O3. The number of aromatic hydroxyl groups is 1. The largest absolute Gasteiger partial charge is 0.504 e. The average Bonchev–Trinajstić information content (AvgIpc) is 2.96. The predicted octanol–water partition coefficient (Wildman–Crippen LogP) is 2.26. The molecule has 2 atom stereocenters. The average molecular weight is 347 g/mol. The number of nitrogens with zero attached hydrogens (tertiary/aromatic N) is 3. The van der Waals surface area contributed by atoms with E-state index in [1.807, 2.05) is 6.92 Å². The monoisotopic (exact) mass is 347 g/mol. The number of piperidine rings is 1. The third-order valence-corrected chi connectivity index (χ3v) is 4.80. The molecule has 1 aliphatic heterocycles. The molecule has 0 bridgehead atoms. The van der Waals surface area contributed by atoms with Gasteiger partial charge in [-0.15, -0.1) is 0 Å². The Morgan fingerprint density at radius 2 is 2.16 bits per heavy atom. The highest BCUT2D eigenvalue weighted by Gasteiger charge is 2.32. The normalized spacial score (nSPS) is 20.7. The fourth-order valence-electron chi connectivity index (χ4n) is 3.27. The summed E-state index contributed by atoms with van der Waals surface area (Å²) in [5, 5.41) is 23.8. The van der Waals surface area contributed by atoms with E-state index in [4.69, 9.17) is 0 Å². The van der Waals surface area contributed by atoms with E-state index in [1.54, 1.807) is 17.9 Å². The molecule has 1 aromatic carbocycles. The lowest BCUT2D eigenvalue weighted by Crippen LogP contribution is -2.46. The van der Waals surface area contributed by atoms with Crippen molar-refractivity contribution in [2.24, 2.45) is 5.92 Å². The number of amides is 1. The molecule has 0 aliphatic carbocycles. The summed E-state index contributed by atoms with van der Waals surface area (Å²) in [5.41, 5.74) is 1.21. The second kappa shape index (κ2) is 6.84. The Morgan fingerprint density at radius 1 is 1.40 bits per heavy atom. The molecule has 1 saturated heterocycles. The number of aliphatic hydroxyl groups is 1. The first kappa shape index (κ1) is 17.4. The van der Waals surface area contributed by atoms with Crippen molar-refractivity contribution < 1.29 is 19.4 Å². The van der Waals surface area contributed by atoms with Crippen LogP contribution in [-0.4, -0.2) is 50.0 Å². The van der Waals surface area contributed by atoms with Gasteiger partial charge in [-0.05, 0) is 56.4 Å². The predicted molar refractivity (Wildman–Crippen MR) is 90.2 cm³/mol. The minimum Gasteiger partial charge on any atom is -0.504 e. The highest BCUT2D eigenvalue weighted by Crippen LogP contribution is 2.27. The van der Waals surface area contributed by atoms with E-state index in [1.165, 1.54) is 23.0 Å². The summed E-state index contributed by atoms with van der Waals surface area (Å²) < 4.78 is 14.7. The topological polar surface area (TPSA) is 78.6 Å². The molecule has 2 N–H and O–H groups in total. The van der Waals surface area contributed by atoms with Crippen LogP contribution in [-0.2, 0) is 0 Å². The molecule has 2 unspecified atom stereocenters. The van der Waals surface area contributed by atoms with Crippen LogP contribution >= 0.6 is 0 Å². The van der Waals surface area contributed by atoms with Gasteiger partial charge in [-0.1, -0.05) is 0 Å². The maximum absolute atomic E-state index is 13.3. The molecule has 0 radical (unpaired) electrons. The Kier molecular flexibility index (Phi) is 4.76. The van der Waals surface area contributed by atoms with Gasteiger partial charge in [0.2, 0.25) is 0 Å². The summed E-state index contributed by atoms with van der Waals surface area (Å²) in [6.07, 6.45) is 3.03. The van der Waals surface area contributed by atoms with E-state index in [9.17, 15) is 19.4 Å². The first-order chi connectivity index (χ1) is 11.9. The minimum atomic E-state index is -0.360. The Balaban J connectivity index is 1.90. The van der Waals surface area contributed by atoms with E-state index in [0.29, 0.717) is 17.8 Å². The zero-order valence-corrected chi connectivity index (χ0v) is 14.3. The number of hydrogen-bond acceptors (Lipinski definition) is 4. The van der Waals surface area contributed by atoms with Gasteiger partial charge in [0.25, 0.3) is 5.91 Å². The molecule has 2 aromatic rings. The van der Waals surface area contributed by atoms with E-state index >= 15 is 0 Å². The second-order valence-electron chi connectivity index (χ2n) is 6.67. The first-order valence-corrected chi connectivity index (χ1v) is 8.37. The summed E-state index contributed by atoms with van der Waals surface area (Å²) in [4.78, 5) is 14.5. The molecule has 6 nitrogen and oxygen atoms in total. The third-order valence-electron chi connectivity index (χ3n) is 4.80. The van der Waals surface area contributed by atoms with Crippen LogP contribution in [0.15, 0.2) is 24.4 Å². The van der Waals surface area contributed by atoms with Crippen LogP contribution in [0.4, 0.5) is 4.39 Å². The van der Waals surface area contributed by atoms with Crippen molar-refractivity contribution in [3.63, 3.8) is 0 Å². The van der Waals surface area contributed by atoms with Crippen LogP contribution < -0.4 is 0 Å². The quantitative estimate of drug-likeness (QED) is 0.893. The number of carbonyl (C=O) groups is 1. The lowest BCUT2D eigenvalue weighted by Gasteiger charge is -2.37. The molecule has 25 heavy (non-hydrogen) atoms. The van der Waals surface area contributed by atoms with Crippen molar-refractivity contribution >= 4 is 5.91 Å². The maximum atomic E-state index is 13.3. The Hall–Kier alpha value is -2.41. The van der Waals surface area contributed by atoms with Gasteiger partial charge in [0.15, 0.2) is 11.4 Å². The van der Waals surface area contributed by atoms with Crippen LogP contribution in [0.25, 0.3) is 5.69 Å². The van der Waals surface area contributed by atoms with Gasteiger partial charge in [-0.2, -0.15) is 5.10 Å². The van der Waals surface area contributed by atoms with E-state index in [0.717, 1.165) is 12.8 Å². The van der Waals surface area contributed by atoms with Gasteiger partial charge in [-0.25, -0.2) is 9.07 Å². The molecule has 0 spiro atoms. The van der Waals surface area contributed by atoms with Crippen LogP contribution in [0, 0.1) is 18.7 Å². The van der Waals surface area contributed by atoms with Crippen molar-refractivity contribution in [3.8, 4) is 11.4 Å². The molecule has 0 saturated carbocycles. The molecule has 1 aliphatic rings. The van der Waals surface area contributed by atoms with Crippen molar-refractivity contribution in [1.29, 1.82) is 0 Å². The van der Waals surface area contributed by atoms with Gasteiger partial charge < -0.3 is 15.1 Å². The van der Waals surface area contributed by atoms with E-state index in [2.05, 4.69) is 5.10 Å². The van der Waals surface area contributed by atoms with E-state index in [-0.39, 0.29) is 41.7 Å². The fraction of sp³-hybridized carbons (Fsp3) is 0.444. The SMILES string of the molecule is Cc1cc(F)ccc1-n1cc(O)c(C(=O)N2CC(CO)CCC2C)n1. The zero-order chi connectivity index (χ0) is 18.1. The zero-order valence-electron chi connectivity index (χ0n) is 14.3. The van der Waals surface area contributed by atoms with Gasteiger partial charge in [0, 0.05) is 19.2 Å². The number of benzene rings is 1. The summed E-state index contributed by atoms with van der Waals surface area (Å²) in [7, 11) is 0. The number of aliphatic hydroxyl groups excluding tert-OH is 1. The molecular weight excluding hydrogens is 325 g/mol. The van der Waals surface area contributed by atoms with Crippen LogP contribution in [0.1, 0.15) is 35.8 Å². The number of halogens is 1. The number of likely N-dealkylation sites (tertiary alicyclic amines) is 1. The van der Waals surface area contributed by atoms with Gasteiger partial charge >= 0.3 is 0 Å². The summed E-state index contributed by atoms with van der Waals surface area (Å²) in [6.45, 7) is 4.16. The number of hydrogen-bond donors (Lipinski definition) is 2. The standard InChI is InChI=1S/C18H22FN3O3/c1-11-7-14(19)5-6-15(11)22-9-16(24)17(20-22)18(25)21-8-13(10-23)4-3-12(21)2/h5-7,9,12-13,23-24H,3-4,8,10H2,1-2H3. The van der Waals surface area contributed by atoms with Crippen LogP contribution in [0.2, 0.25) is 0 Å². The highest BCUT2D eigenvalue weighted by molar-refractivity contribution is 5.95. The van der Waals surface area contributed by atoms with Crippen LogP contribution in [0.3, 0.4) is 0 Å². The van der Waals surface area contributed by atoms with Gasteiger partial charge in [-0.3, -0.25) is 4.79 Å². The van der Waals surface area contributed by atoms with E-state index < -0.39 is 0 Å². The Labute approximate surface area is 145 Å². The van der Waals surface area contributed by atoms with Crippen molar-refractivity contribution in [2.75, 3.05) is 13.2 Å².